The first-order chi connectivity index (χ1) is 16.9. The molecule has 7 nitrogen and oxygen atoms in total. The van der Waals surface area contributed by atoms with Crippen molar-refractivity contribution in [2.24, 2.45) is 0 Å². The van der Waals surface area contributed by atoms with Crippen LogP contribution < -0.4 is 24.6 Å². The highest BCUT2D eigenvalue weighted by atomic mass is 16.6. The molecule has 35 heavy (non-hydrogen) atoms. The van der Waals surface area contributed by atoms with E-state index in [1.165, 1.54) is 7.11 Å². The van der Waals surface area contributed by atoms with Crippen LogP contribution >= 0.6 is 0 Å². The molecule has 2 heterocycles. The van der Waals surface area contributed by atoms with Crippen LogP contribution in [0.15, 0.2) is 66.7 Å². The molecule has 0 saturated carbocycles. The molecule has 0 radical (unpaired) electrons. The standard InChI is InChI=1S/C28H20O7/c1-16-5-3-7-18(11-16)26-22-14-23-21(13-24(22)35-28(26)31)20(27(30)34-23)10-9-17-6-4-8-19(12-17)33-15-25(29)32-2/h3-14H,15H2,1-2H3. The first-order valence-corrected chi connectivity index (χ1v) is 10.8. The van der Waals surface area contributed by atoms with E-state index in [1.54, 1.807) is 42.5 Å². The number of ether oxygens (including phenoxy) is 4. The van der Waals surface area contributed by atoms with Gasteiger partial charge in [-0.2, -0.15) is 0 Å². The average Bonchev–Trinajstić information content (AvgIpc) is 3.33. The molecule has 174 valence electrons. The zero-order chi connectivity index (χ0) is 24.5. The van der Waals surface area contributed by atoms with Crippen molar-refractivity contribution in [3.63, 3.8) is 0 Å². The lowest BCUT2D eigenvalue weighted by Crippen LogP contribution is -2.12. The number of hydrogen-bond acceptors (Lipinski definition) is 7. The number of carbonyl (C=O) groups excluding carboxylic acids is 3. The van der Waals surface area contributed by atoms with Gasteiger partial charge in [-0.05, 0) is 48.4 Å². The molecule has 0 spiro atoms. The lowest BCUT2D eigenvalue weighted by atomic mass is 10.0. The Morgan fingerprint density at radius 1 is 0.886 bits per heavy atom. The molecule has 3 aromatic carbocycles. The molecule has 0 saturated heterocycles. The Kier molecular flexibility index (Phi) is 5.66. The molecule has 0 fully saturated rings. The Hall–Kier alpha value is -4.65. The fourth-order valence-corrected chi connectivity index (χ4v) is 3.98. The molecule has 0 N–H and O–H groups in total. The minimum atomic E-state index is -0.499. The van der Waals surface area contributed by atoms with Gasteiger partial charge in [0.2, 0.25) is 0 Å². The second-order valence-electron chi connectivity index (χ2n) is 8.05. The Morgan fingerprint density at radius 3 is 2.43 bits per heavy atom. The third-order valence-corrected chi connectivity index (χ3v) is 5.66. The number of benzene rings is 3. The summed E-state index contributed by atoms with van der Waals surface area (Å²) in [5.41, 5.74) is 3.30. The smallest absolute Gasteiger partial charge is 0.344 e. The van der Waals surface area contributed by atoms with E-state index >= 15 is 0 Å². The summed E-state index contributed by atoms with van der Waals surface area (Å²) in [6.07, 6.45) is 3.38. The molecule has 0 bridgehead atoms. The first kappa shape index (κ1) is 22.2. The van der Waals surface area contributed by atoms with E-state index in [0.717, 1.165) is 16.7 Å². The summed E-state index contributed by atoms with van der Waals surface area (Å²) in [6.45, 7) is 1.75. The zero-order valence-electron chi connectivity index (χ0n) is 19.0. The fourth-order valence-electron chi connectivity index (χ4n) is 3.98. The number of esters is 3. The number of methoxy groups -OCH3 is 1. The normalized spacial score (nSPS) is 14.0. The number of aryl methyl sites for hydroxylation is 1. The monoisotopic (exact) mass is 468 g/mol. The molecule has 0 aliphatic carbocycles. The molecule has 0 aromatic heterocycles. The molecular formula is C28H20O7. The molecule has 3 aromatic rings. The summed E-state index contributed by atoms with van der Waals surface area (Å²) in [4.78, 5) is 36.6. The van der Waals surface area contributed by atoms with Crippen LogP contribution in [0, 0.1) is 6.92 Å². The molecule has 7 heteroatoms. The Morgan fingerprint density at radius 2 is 1.63 bits per heavy atom. The van der Waals surface area contributed by atoms with Gasteiger partial charge in [0.15, 0.2) is 6.61 Å². The van der Waals surface area contributed by atoms with Crippen LogP contribution in [0.3, 0.4) is 0 Å². The number of rotatable bonds is 6. The molecular weight excluding hydrogens is 448 g/mol. The maximum atomic E-state index is 12.6. The first-order valence-electron chi connectivity index (χ1n) is 10.8. The van der Waals surface area contributed by atoms with Crippen molar-refractivity contribution >= 4 is 35.1 Å². The topological polar surface area (TPSA) is 88.1 Å². The van der Waals surface area contributed by atoms with Crippen molar-refractivity contribution in [3.8, 4) is 17.2 Å². The summed E-state index contributed by atoms with van der Waals surface area (Å²) >= 11 is 0. The third-order valence-electron chi connectivity index (χ3n) is 5.66. The highest BCUT2D eigenvalue weighted by Crippen LogP contribution is 2.26. The van der Waals surface area contributed by atoms with Crippen molar-refractivity contribution in [1.29, 1.82) is 0 Å². The van der Waals surface area contributed by atoms with E-state index in [-0.39, 0.29) is 6.61 Å². The van der Waals surface area contributed by atoms with Gasteiger partial charge in [-0.25, -0.2) is 14.4 Å². The zero-order valence-corrected chi connectivity index (χ0v) is 19.0. The quantitative estimate of drug-likeness (QED) is 0.406. The molecule has 5 rings (SSSR count). The van der Waals surface area contributed by atoms with E-state index in [1.807, 2.05) is 37.3 Å². The van der Waals surface area contributed by atoms with Crippen LogP contribution in [0.4, 0.5) is 0 Å². The fraction of sp³-hybridized carbons (Fsp3) is 0.107. The second kappa shape index (κ2) is 8.95. The van der Waals surface area contributed by atoms with Crippen molar-refractivity contribution < 1.29 is 33.3 Å². The van der Waals surface area contributed by atoms with Crippen LogP contribution in [0.1, 0.15) is 16.7 Å². The van der Waals surface area contributed by atoms with Crippen molar-refractivity contribution in [1.82, 2.24) is 0 Å². The summed E-state index contributed by atoms with van der Waals surface area (Å²) in [5.74, 6) is -0.189. The maximum absolute atomic E-state index is 12.6. The van der Waals surface area contributed by atoms with Gasteiger partial charge in [0.1, 0.15) is 17.2 Å². The Balaban J connectivity index is 1.51. The largest absolute Gasteiger partial charge is 0.482 e. The van der Waals surface area contributed by atoms with Crippen LogP contribution in [0.25, 0.3) is 17.2 Å². The second-order valence-corrected chi connectivity index (χ2v) is 8.05. The van der Waals surface area contributed by atoms with Crippen LogP contribution in [0.2, 0.25) is 0 Å². The summed E-state index contributed by atoms with van der Waals surface area (Å²) in [6, 6.07) is 18.0. The molecule has 0 unspecified atom stereocenters. The molecule has 0 amide bonds. The third kappa shape index (κ3) is 4.31. The summed E-state index contributed by atoms with van der Waals surface area (Å²) in [5, 5.41) is 1.13. The summed E-state index contributed by atoms with van der Waals surface area (Å²) in [7, 11) is 1.29. The van der Waals surface area contributed by atoms with Gasteiger partial charge in [-0.15, -0.1) is 0 Å². The highest BCUT2D eigenvalue weighted by Gasteiger charge is 2.29. The Labute approximate surface area is 200 Å². The van der Waals surface area contributed by atoms with Crippen molar-refractivity contribution in [3.05, 3.63) is 93.9 Å². The van der Waals surface area contributed by atoms with Crippen molar-refractivity contribution in [2.75, 3.05) is 13.7 Å². The molecule has 2 aliphatic rings. The van der Waals surface area contributed by atoms with E-state index in [4.69, 9.17) is 14.2 Å². The number of carbonyl (C=O) groups is 3. The predicted molar refractivity (Wildman–Crippen MR) is 127 cm³/mol. The maximum Gasteiger partial charge on any atom is 0.344 e. The van der Waals surface area contributed by atoms with Gasteiger partial charge in [0.05, 0.1) is 18.3 Å². The molecule has 0 atom stereocenters. The van der Waals surface area contributed by atoms with Crippen LogP contribution in [-0.2, 0) is 19.1 Å². The van der Waals surface area contributed by atoms with Crippen molar-refractivity contribution in [2.45, 2.75) is 6.92 Å². The van der Waals surface area contributed by atoms with E-state index in [2.05, 4.69) is 4.74 Å². The number of fused-ring (bicyclic) bond motifs is 2. The lowest BCUT2D eigenvalue weighted by molar-refractivity contribution is -0.143. The van der Waals surface area contributed by atoms with Gasteiger partial charge in [-0.1, -0.05) is 48.0 Å². The van der Waals surface area contributed by atoms with Gasteiger partial charge in [0, 0.05) is 10.4 Å². The van der Waals surface area contributed by atoms with Crippen LogP contribution in [0.5, 0.6) is 17.2 Å². The minimum absolute atomic E-state index is 0.202. The van der Waals surface area contributed by atoms with E-state index in [9.17, 15) is 14.4 Å². The minimum Gasteiger partial charge on any atom is -0.482 e. The lowest BCUT2D eigenvalue weighted by Gasteiger charge is -2.05. The van der Waals surface area contributed by atoms with Gasteiger partial charge >= 0.3 is 17.9 Å². The van der Waals surface area contributed by atoms with E-state index in [0.29, 0.717) is 38.8 Å². The van der Waals surface area contributed by atoms with Gasteiger partial charge in [0.25, 0.3) is 0 Å². The average molecular weight is 468 g/mol. The number of hydrogen-bond donors (Lipinski definition) is 0. The van der Waals surface area contributed by atoms with E-state index < -0.39 is 17.9 Å². The van der Waals surface area contributed by atoms with Crippen LogP contribution in [-0.4, -0.2) is 31.6 Å². The Bertz CT molecular complexity index is 1550. The summed E-state index contributed by atoms with van der Waals surface area (Å²) < 4.78 is 21.0. The predicted octanol–water partition coefficient (Wildman–Crippen LogP) is 2.45. The SMILES string of the molecule is COC(=O)COc1cccc(C=CC2=c3cc4c(cc3OC2=O)=C(c2cccc(C)c2)C(=O)O4)c1. The van der Waals surface area contributed by atoms with Gasteiger partial charge in [-0.3, -0.25) is 0 Å². The highest BCUT2D eigenvalue weighted by molar-refractivity contribution is 6.20. The van der Waals surface area contributed by atoms with Gasteiger partial charge < -0.3 is 18.9 Å². The molecule has 2 aliphatic heterocycles.